The standard InChI is InChI=1S/C29H24ClNO6/c1-4-14-36-23-12-10-17(15-24(23)35-5-2)26-25-27(32)19-8-6-7-9-21(19)37-28(25)29(33)31(26)18-11-13-22(34-3)20(30)16-18/h4,6-13,15-16,26H,1,5,14H2,2-3H3. The second kappa shape index (κ2) is 10.0. The molecular weight excluding hydrogens is 494 g/mol. The molecule has 0 N–H and O–H groups in total. The van der Waals surface area contributed by atoms with Crippen molar-refractivity contribution in [2.24, 2.45) is 0 Å². The molecule has 8 heteroatoms. The summed E-state index contributed by atoms with van der Waals surface area (Å²) in [5, 5.41) is 0.722. The Bertz CT molecular complexity index is 1580. The van der Waals surface area contributed by atoms with Crippen LogP contribution in [0.2, 0.25) is 5.02 Å². The van der Waals surface area contributed by atoms with E-state index in [9.17, 15) is 9.59 Å². The van der Waals surface area contributed by atoms with E-state index in [-0.39, 0.29) is 16.8 Å². The Hall–Kier alpha value is -4.23. The van der Waals surface area contributed by atoms with E-state index < -0.39 is 11.9 Å². The molecule has 4 aromatic rings. The van der Waals surface area contributed by atoms with E-state index >= 15 is 0 Å². The summed E-state index contributed by atoms with van der Waals surface area (Å²) in [5.74, 6) is 1.02. The van der Waals surface area contributed by atoms with Gasteiger partial charge >= 0.3 is 0 Å². The van der Waals surface area contributed by atoms with E-state index in [1.54, 1.807) is 66.7 Å². The molecule has 1 aromatic heterocycles. The number of hydrogen-bond acceptors (Lipinski definition) is 6. The fourth-order valence-electron chi connectivity index (χ4n) is 4.54. The quantitative estimate of drug-likeness (QED) is 0.260. The van der Waals surface area contributed by atoms with Crippen molar-refractivity contribution in [3.63, 3.8) is 0 Å². The van der Waals surface area contributed by atoms with Crippen LogP contribution in [0.15, 0.2) is 82.5 Å². The topological polar surface area (TPSA) is 78.2 Å². The highest BCUT2D eigenvalue weighted by Crippen LogP contribution is 2.44. The van der Waals surface area contributed by atoms with Crippen LogP contribution in [0.1, 0.15) is 34.6 Å². The minimum Gasteiger partial charge on any atom is -0.495 e. The monoisotopic (exact) mass is 517 g/mol. The molecule has 0 aliphatic carbocycles. The Morgan fingerprint density at radius 3 is 2.54 bits per heavy atom. The fraction of sp³-hybridized carbons (Fsp3) is 0.172. The minimum atomic E-state index is -0.791. The summed E-state index contributed by atoms with van der Waals surface area (Å²) in [6.07, 6.45) is 1.64. The molecule has 0 fully saturated rings. The third-order valence-electron chi connectivity index (χ3n) is 6.13. The number of methoxy groups -OCH3 is 1. The number of carbonyl (C=O) groups is 1. The number of amides is 1. The van der Waals surface area contributed by atoms with Gasteiger partial charge in [-0.25, -0.2) is 0 Å². The van der Waals surface area contributed by atoms with Gasteiger partial charge in [-0.1, -0.05) is 42.5 Å². The van der Waals surface area contributed by atoms with Crippen LogP contribution in [0.3, 0.4) is 0 Å². The normalized spacial score (nSPS) is 14.5. The van der Waals surface area contributed by atoms with Crippen molar-refractivity contribution in [2.75, 3.05) is 25.2 Å². The first-order valence-corrected chi connectivity index (χ1v) is 12.1. The summed E-state index contributed by atoms with van der Waals surface area (Å²) in [7, 11) is 1.51. The highest BCUT2D eigenvalue weighted by atomic mass is 35.5. The average molecular weight is 518 g/mol. The maximum atomic E-state index is 13.8. The van der Waals surface area contributed by atoms with Crippen LogP contribution in [-0.2, 0) is 0 Å². The Morgan fingerprint density at radius 1 is 1.03 bits per heavy atom. The fourth-order valence-corrected chi connectivity index (χ4v) is 4.79. The number of anilines is 1. The molecule has 7 nitrogen and oxygen atoms in total. The molecule has 1 atom stereocenters. The molecule has 1 aliphatic heterocycles. The van der Waals surface area contributed by atoms with Crippen LogP contribution in [0, 0.1) is 0 Å². The van der Waals surface area contributed by atoms with Gasteiger partial charge in [0.15, 0.2) is 16.9 Å². The first kappa shape index (κ1) is 24.5. The Balaban J connectivity index is 1.75. The van der Waals surface area contributed by atoms with Gasteiger partial charge in [0, 0.05) is 5.69 Å². The molecule has 0 radical (unpaired) electrons. The number of ether oxygens (including phenoxy) is 3. The lowest BCUT2D eigenvalue weighted by molar-refractivity contribution is 0.0971. The smallest absolute Gasteiger partial charge is 0.295 e. The van der Waals surface area contributed by atoms with Crippen LogP contribution in [0.5, 0.6) is 17.2 Å². The Morgan fingerprint density at radius 2 is 1.81 bits per heavy atom. The molecule has 0 bridgehead atoms. The molecule has 0 spiro atoms. The van der Waals surface area contributed by atoms with Gasteiger partial charge in [-0.05, 0) is 55.0 Å². The van der Waals surface area contributed by atoms with Crippen molar-refractivity contribution < 1.29 is 23.4 Å². The lowest BCUT2D eigenvalue weighted by atomic mass is 9.97. The lowest BCUT2D eigenvalue weighted by Gasteiger charge is -2.26. The minimum absolute atomic E-state index is 0.00872. The van der Waals surface area contributed by atoms with Crippen LogP contribution < -0.4 is 24.5 Å². The average Bonchev–Trinajstić information content (AvgIpc) is 3.20. The number of rotatable bonds is 8. The van der Waals surface area contributed by atoms with E-state index in [4.69, 9.17) is 30.2 Å². The predicted octanol–water partition coefficient (Wildman–Crippen LogP) is 6.17. The molecule has 2 heterocycles. The van der Waals surface area contributed by atoms with Gasteiger partial charge in [-0.3, -0.25) is 14.5 Å². The predicted molar refractivity (Wildman–Crippen MR) is 142 cm³/mol. The van der Waals surface area contributed by atoms with Gasteiger partial charge in [0.2, 0.25) is 5.76 Å². The first-order valence-electron chi connectivity index (χ1n) is 11.7. The SMILES string of the molecule is C=CCOc1ccc(C2c3c(oc4ccccc4c3=O)C(=O)N2c2ccc(OC)c(Cl)c2)cc1OCC. The van der Waals surface area contributed by atoms with Crippen molar-refractivity contribution in [1.82, 2.24) is 0 Å². The number of benzene rings is 3. The molecule has 0 saturated heterocycles. The van der Waals surface area contributed by atoms with Crippen LogP contribution >= 0.6 is 11.6 Å². The van der Waals surface area contributed by atoms with Crippen LogP contribution in [-0.4, -0.2) is 26.2 Å². The summed E-state index contributed by atoms with van der Waals surface area (Å²) in [5.41, 5.74) is 1.45. The summed E-state index contributed by atoms with van der Waals surface area (Å²) in [6, 6.07) is 16.5. The van der Waals surface area contributed by atoms with Gasteiger partial charge in [-0.15, -0.1) is 0 Å². The summed E-state index contributed by atoms with van der Waals surface area (Å²) in [6.45, 7) is 6.26. The molecule has 1 aliphatic rings. The van der Waals surface area contributed by atoms with Gasteiger partial charge < -0.3 is 18.6 Å². The van der Waals surface area contributed by atoms with Gasteiger partial charge in [-0.2, -0.15) is 0 Å². The summed E-state index contributed by atoms with van der Waals surface area (Å²) in [4.78, 5) is 29.1. The number of halogens is 1. The molecule has 1 unspecified atom stereocenters. The van der Waals surface area contributed by atoms with Crippen molar-refractivity contribution in [3.8, 4) is 17.2 Å². The molecule has 3 aromatic carbocycles. The number of para-hydroxylation sites is 1. The van der Waals surface area contributed by atoms with E-state index in [0.29, 0.717) is 57.7 Å². The van der Waals surface area contributed by atoms with Crippen LogP contribution in [0.25, 0.3) is 11.0 Å². The molecule has 5 rings (SSSR count). The van der Waals surface area contributed by atoms with Gasteiger partial charge in [0.25, 0.3) is 5.91 Å². The van der Waals surface area contributed by atoms with E-state index in [0.717, 1.165) is 0 Å². The van der Waals surface area contributed by atoms with Crippen molar-refractivity contribution in [3.05, 3.63) is 105 Å². The molecular formula is C29H24ClNO6. The number of carbonyl (C=O) groups excluding carboxylic acids is 1. The van der Waals surface area contributed by atoms with E-state index in [2.05, 4.69) is 6.58 Å². The highest BCUT2D eigenvalue weighted by molar-refractivity contribution is 6.32. The van der Waals surface area contributed by atoms with Crippen molar-refractivity contribution >= 4 is 34.2 Å². The van der Waals surface area contributed by atoms with E-state index in [1.807, 2.05) is 6.92 Å². The lowest BCUT2D eigenvalue weighted by Crippen LogP contribution is -2.29. The molecule has 37 heavy (non-hydrogen) atoms. The maximum absolute atomic E-state index is 13.8. The second-order valence-corrected chi connectivity index (χ2v) is 8.71. The zero-order valence-corrected chi connectivity index (χ0v) is 21.1. The van der Waals surface area contributed by atoms with Gasteiger partial charge in [0.1, 0.15) is 17.9 Å². The Labute approximate surface area is 218 Å². The first-order chi connectivity index (χ1) is 18.0. The summed E-state index contributed by atoms with van der Waals surface area (Å²) >= 11 is 6.42. The van der Waals surface area contributed by atoms with Crippen molar-refractivity contribution in [1.29, 1.82) is 0 Å². The molecule has 188 valence electrons. The third-order valence-corrected chi connectivity index (χ3v) is 6.43. The molecule has 0 saturated carbocycles. The van der Waals surface area contributed by atoms with Crippen molar-refractivity contribution in [2.45, 2.75) is 13.0 Å². The van der Waals surface area contributed by atoms with E-state index in [1.165, 1.54) is 12.0 Å². The maximum Gasteiger partial charge on any atom is 0.295 e. The van der Waals surface area contributed by atoms with Crippen LogP contribution in [0.4, 0.5) is 5.69 Å². The number of nitrogens with zero attached hydrogens (tertiary/aromatic N) is 1. The number of fused-ring (bicyclic) bond motifs is 2. The van der Waals surface area contributed by atoms with Gasteiger partial charge in [0.05, 0.1) is 35.7 Å². The zero-order valence-electron chi connectivity index (χ0n) is 20.3. The third kappa shape index (κ3) is 4.21. The zero-order chi connectivity index (χ0) is 26.1. The largest absolute Gasteiger partial charge is 0.495 e. The highest BCUT2D eigenvalue weighted by Gasteiger charge is 2.44. The Kier molecular flexibility index (Phi) is 6.63. The second-order valence-electron chi connectivity index (χ2n) is 8.31. The molecule has 1 amide bonds. The summed E-state index contributed by atoms with van der Waals surface area (Å²) < 4.78 is 22.9. The number of hydrogen-bond donors (Lipinski definition) is 0.